The maximum atomic E-state index is 13.3. The molecule has 2 fully saturated rings. The lowest BCUT2D eigenvalue weighted by Crippen LogP contribution is -2.46. The van der Waals surface area contributed by atoms with Crippen LogP contribution in [-0.2, 0) is 20.7 Å². The number of imide groups is 1. The summed E-state index contributed by atoms with van der Waals surface area (Å²) in [6.07, 6.45) is 3.13. The Hall–Kier alpha value is -3.52. The third-order valence-corrected chi connectivity index (χ3v) is 8.26. The predicted molar refractivity (Wildman–Crippen MR) is 153 cm³/mol. The summed E-state index contributed by atoms with van der Waals surface area (Å²) in [5.41, 5.74) is 2.20. The van der Waals surface area contributed by atoms with Gasteiger partial charge in [0.25, 0.3) is 5.91 Å². The molecule has 2 amide bonds. The van der Waals surface area contributed by atoms with Crippen molar-refractivity contribution in [3.63, 3.8) is 0 Å². The van der Waals surface area contributed by atoms with Gasteiger partial charge >= 0.3 is 5.97 Å². The first kappa shape index (κ1) is 28.0. The number of carbonyl (C=O) groups excluding carboxylic acids is 4. The number of likely N-dealkylation sites (tertiary alicyclic amines) is 1. The van der Waals surface area contributed by atoms with Crippen LogP contribution in [0.2, 0.25) is 10.0 Å². The number of benzene rings is 3. The zero-order chi connectivity index (χ0) is 28.2. The summed E-state index contributed by atoms with van der Waals surface area (Å²) in [4.78, 5) is 54.3. The highest BCUT2D eigenvalue weighted by Gasteiger charge is 2.43. The molecule has 40 heavy (non-hydrogen) atoms. The maximum Gasteiger partial charge on any atom is 0.338 e. The second-order valence-corrected chi connectivity index (χ2v) is 10.9. The van der Waals surface area contributed by atoms with E-state index in [1.165, 1.54) is 40.8 Å². The molecule has 0 spiro atoms. The highest BCUT2D eigenvalue weighted by molar-refractivity contribution is 6.42. The quantitative estimate of drug-likeness (QED) is 0.196. The summed E-state index contributed by atoms with van der Waals surface area (Å²) in [7, 11) is 0. The summed E-state index contributed by atoms with van der Waals surface area (Å²) in [5.74, 6) is -1.06. The van der Waals surface area contributed by atoms with Gasteiger partial charge in [0.15, 0.2) is 12.4 Å². The normalized spacial score (nSPS) is 18.2. The van der Waals surface area contributed by atoms with Crippen molar-refractivity contribution in [1.29, 1.82) is 0 Å². The molecule has 0 radical (unpaired) electrons. The maximum absolute atomic E-state index is 13.3. The molecule has 0 bridgehead atoms. The average Bonchev–Trinajstić information content (AvgIpc) is 3.27. The topological polar surface area (TPSA) is 84.0 Å². The highest BCUT2D eigenvalue weighted by atomic mass is 35.5. The number of carbonyl (C=O) groups is 4. The number of esters is 1. The number of Topliss-reactive ketones (excluding diaryl/α,β-unsaturated/α-hetero) is 1. The fourth-order valence-electron chi connectivity index (χ4n) is 5.30. The van der Waals surface area contributed by atoms with E-state index in [2.05, 4.69) is 29.2 Å². The molecule has 0 saturated carbocycles. The monoisotopic (exact) mass is 578 g/mol. The number of hydrogen-bond donors (Lipinski definition) is 0. The van der Waals surface area contributed by atoms with E-state index in [9.17, 15) is 19.2 Å². The molecule has 2 aliphatic rings. The lowest BCUT2D eigenvalue weighted by atomic mass is 9.89. The Morgan fingerprint density at radius 3 is 2.20 bits per heavy atom. The van der Waals surface area contributed by atoms with Crippen molar-refractivity contribution >= 4 is 52.5 Å². The van der Waals surface area contributed by atoms with Crippen LogP contribution in [0.25, 0.3) is 0 Å². The van der Waals surface area contributed by atoms with Gasteiger partial charge in [-0.15, -0.1) is 0 Å². The van der Waals surface area contributed by atoms with E-state index in [1.807, 2.05) is 6.07 Å². The van der Waals surface area contributed by atoms with Gasteiger partial charge in [-0.25, -0.2) is 9.69 Å². The van der Waals surface area contributed by atoms with E-state index >= 15 is 0 Å². The number of ketones is 1. The Balaban J connectivity index is 1.15. The van der Waals surface area contributed by atoms with Crippen molar-refractivity contribution in [3.05, 3.63) is 99.5 Å². The Bertz CT molecular complexity index is 1420. The van der Waals surface area contributed by atoms with Gasteiger partial charge in [0.1, 0.15) is 0 Å². The van der Waals surface area contributed by atoms with Crippen LogP contribution in [-0.4, -0.2) is 54.2 Å². The molecule has 0 N–H and O–H groups in total. The second kappa shape index (κ2) is 12.3. The number of piperidine rings is 1. The van der Waals surface area contributed by atoms with Crippen LogP contribution in [0.15, 0.2) is 72.8 Å². The zero-order valence-corrected chi connectivity index (χ0v) is 23.2. The molecule has 206 valence electrons. The summed E-state index contributed by atoms with van der Waals surface area (Å²) in [6, 6.07) is 20.4. The van der Waals surface area contributed by atoms with Gasteiger partial charge in [0.05, 0.1) is 33.8 Å². The van der Waals surface area contributed by atoms with Crippen molar-refractivity contribution in [2.24, 2.45) is 5.92 Å². The van der Waals surface area contributed by atoms with Crippen LogP contribution in [0.1, 0.15) is 45.5 Å². The first-order valence-corrected chi connectivity index (χ1v) is 14.0. The highest BCUT2D eigenvalue weighted by Crippen LogP contribution is 2.30. The van der Waals surface area contributed by atoms with E-state index in [1.54, 1.807) is 12.1 Å². The molecule has 1 unspecified atom stereocenters. The Morgan fingerprint density at radius 2 is 1.52 bits per heavy atom. The summed E-state index contributed by atoms with van der Waals surface area (Å²) < 4.78 is 5.15. The SMILES string of the molecule is O=C(COC(=O)c1ccc(N2C(=O)CC(N3CCC(Cc4ccccc4)CC3)C2=O)cc1)c1ccc(Cl)c(Cl)c1. The van der Waals surface area contributed by atoms with Gasteiger partial charge in [-0.3, -0.25) is 19.3 Å². The molecule has 3 aromatic carbocycles. The van der Waals surface area contributed by atoms with E-state index in [-0.39, 0.29) is 34.4 Å². The molecule has 1 atom stereocenters. The smallest absolute Gasteiger partial charge is 0.338 e. The Morgan fingerprint density at radius 1 is 0.850 bits per heavy atom. The number of hydrogen-bond acceptors (Lipinski definition) is 6. The third-order valence-electron chi connectivity index (χ3n) is 7.52. The van der Waals surface area contributed by atoms with Gasteiger partial charge < -0.3 is 4.74 Å². The van der Waals surface area contributed by atoms with Crippen LogP contribution in [0.4, 0.5) is 5.69 Å². The number of rotatable bonds is 8. The van der Waals surface area contributed by atoms with Crippen LogP contribution in [0.5, 0.6) is 0 Å². The molecular weight excluding hydrogens is 551 g/mol. The largest absolute Gasteiger partial charge is 0.454 e. The second-order valence-electron chi connectivity index (χ2n) is 10.1. The summed E-state index contributed by atoms with van der Waals surface area (Å²) in [6.45, 7) is 1.09. The molecule has 3 aromatic rings. The van der Waals surface area contributed by atoms with E-state index < -0.39 is 24.4 Å². The lowest BCUT2D eigenvalue weighted by Gasteiger charge is -2.34. The predicted octanol–water partition coefficient (Wildman–Crippen LogP) is 5.62. The fraction of sp³-hybridized carbons (Fsp3) is 0.290. The zero-order valence-electron chi connectivity index (χ0n) is 21.7. The number of amides is 2. The molecule has 0 aliphatic carbocycles. The van der Waals surface area contributed by atoms with Crippen molar-refractivity contribution in [2.75, 3.05) is 24.6 Å². The Kier molecular flexibility index (Phi) is 8.64. The lowest BCUT2D eigenvalue weighted by molar-refractivity contribution is -0.123. The van der Waals surface area contributed by atoms with Gasteiger partial charge in [-0.2, -0.15) is 0 Å². The first-order valence-electron chi connectivity index (χ1n) is 13.2. The van der Waals surface area contributed by atoms with Gasteiger partial charge in [-0.1, -0.05) is 53.5 Å². The van der Waals surface area contributed by atoms with Crippen LogP contribution in [0.3, 0.4) is 0 Å². The number of anilines is 1. The van der Waals surface area contributed by atoms with E-state index in [4.69, 9.17) is 27.9 Å². The number of halogens is 2. The van der Waals surface area contributed by atoms with Crippen LogP contribution in [0, 0.1) is 5.92 Å². The summed E-state index contributed by atoms with van der Waals surface area (Å²) in [5, 5.41) is 0.551. The molecule has 7 nitrogen and oxygen atoms in total. The minimum Gasteiger partial charge on any atom is -0.454 e. The fourth-order valence-corrected chi connectivity index (χ4v) is 5.60. The molecule has 0 aromatic heterocycles. The van der Waals surface area contributed by atoms with Crippen molar-refractivity contribution in [3.8, 4) is 0 Å². The molecule has 2 heterocycles. The van der Waals surface area contributed by atoms with Crippen LogP contribution >= 0.6 is 23.2 Å². The molecule has 5 rings (SSSR count). The van der Waals surface area contributed by atoms with Gasteiger partial charge in [0, 0.05) is 5.56 Å². The minimum atomic E-state index is -0.699. The molecule has 2 saturated heterocycles. The van der Waals surface area contributed by atoms with Gasteiger partial charge in [0.2, 0.25) is 5.91 Å². The van der Waals surface area contributed by atoms with Crippen molar-refractivity contribution < 1.29 is 23.9 Å². The summed E-state index contributed by atoms with van der Waals surface area (Å²) >= 11 is 11.8. The third kappa shape index (κ3) is 6.28. The molecular formula is C31H28Cl2N2O5. The van der Waals surface area contributed by atoms with E-state index in [0.717, 1.165) is 32.4 Å². The number of nitrogens with zero attached hydrogens (tertiary/aromatic N) is 2. The molecule has 2 aliphatic heterocycles. The van der Waals surface area contributed by atoms with Crippen molar-refractivity contribution in [1.82, 2.24) is 4.90 Å². The molecule has 9 heteroatoms. The van der Waals surface area contributed by atoms with Crippen molar-refractivity contribution in [2.45, 2.75) is 31.7 Å². The average molecular weight is 579 g/mol. The van der Waals surface area contributed by atoms with E-state index in [0.29, 0.717) is 16.6 Å². The Labute approximate surface area is 242 Å². The minimum absolute atomic E-state index is 0.142. The number of ether oxygens (including phenoxy) is 1. The van der Waals surface area contributed by atoms with Gasteiger partial charge in [-0.05, 0) is 86.3 Å². The standard InChI is InChI=1S/C31H28Cl2N2O5/c32-25-11-8-23(17-26(25)33)28(36)19-40-31(39)22-6-9-24(10-7-22)35-29(37)18-27(30(35)38)34-14-12-21(13-15-34)16-20-4-2-1-3-5-20/h1-11,17,21,27H,12-16,18-19H2. The van der Waals surface area contributed by atoms with Crippen LogP contribution < -0.4 is 4.90 Å². The first-order chi connectivity index (χ1) is 19.3.